The molecule has 0 fully saturated rings. The van der Waals surface area contributed by atoms with Gasteiger partial charge >= 0.3 is 0 Å². The van der Waals surface area contributed by atoms with Gasteiger partial charge in [-0.15, -0.1) is 0 Å². The fraction of sp³-hybridized carbons (Fsp3) is 0.692. The molecule has 0 aromatic heterocycles. The second kappa shape index (κ2) is 6.01. The summed E-state index contributed by atoms with van der Waals surface area (Å²) in [5.41, 5.74) is 1.44. The zero-order chi connectivity index (χ0) is 9.52. The van der Waals surface area contributed by atoms with Crippen LogP contribution in [0, 0.1) is 12.0 Å². The molecule has 0 heteroatoms. The summed E-state index contributed by atoms with van der Waals surface area (Å²) in [6, 6.07) is 0. The van der Waals surface area contributed by atoms with E-state index < -0.39 is 0 Å². The van der Waals surface area contributed by atoms with Gasteiger partial charge in [-0.1, -0.05) is 38.8 Å². The van der Waals surface area contributed by atoms with Crippen molar-refractivity contribution in [3.8, 4) is 0 Å². The van der Waals surface area contributed by atoms with Crippen molar-refractivity contribution in [1.82, 2.24) is 0 Å². The van der Waals surface area contributed by atoms with Crippen LogP contribution in [0.15, 0.2) is 17.7 Å². The highest BCUT2D eigenvalue weighted by molar-refractivity contribution is 5.17. The summed E-state index contributed by atoms with van der Waals surface area (Å²) >= 11 is 0. The first-order valence-corrected chi connectivity index (χ1v) is 5.59. The third kappa shape index (κ3) is 4.31. The van der Waals surface area contributed by atoms with E-state index in [0.29, 0.717) is 0 Å². The first-order chi connectivity index (χ1) is 6.33. The molecule has 0 saturated heterocycles. The van der Waals surface area contributed by atoms with Crippen LogP contribution in [-0.4, -0.2) is 0 Å². The molecule has 1 rings (SSSR count). The van der Waals surface area contributed by atoms with Crippen molar-refractivity contribution in [3.63, 3.8) is 0 Å². The van der Waals surface area contributed by atoms with E-state index in [9.17, 15) is 0 Å². The number of hydrogen-bond donors (Lipinski definition) is 0. The van der Waals surface area contributed by atoms with Crippen molar-refractivity contribution in [2.75, 3.05) is 0 Å². The third-order valence-corrected chi connectivity index (χ3v) is 2.60. The van der Waals surface area contributed by atoms with Gasteiger partial charge in [-0.05, 0) is 43.3 Å². The van der Waals surface area contributed by atoms with Crippen LogP contribution in [-0.2, 0) is 0 Å². The highest BCUT2D eigenvalue weighted by Gasteiger charge is 2.08. The van der Waals surface area contributed by atoms with Gasteiger partial charge in [0.05, 0.1) is 0 Å². The van der Waals surface area contributed by atoms with E-state index in [2.05, 4.69) is 32.1 Å². The zero-order valence-electron chi connectivity index (χ0n) is 8.97. The lowest BCUT2D eigenvalue weighted by molar-refractivity contribution is 0.509. The Balaban J connectivity index is 2.27. The van der Waals surface area contributed by atoms with Crippen LogP contribution in [0.2, 0.25) is 0 Å². The van der Waals surface area contributed by atoms with E-state index in [1.54, 1.807) is 0 Å². The molecule has 1 aliphatic rings. The van der Waals surface area contributed by atoms with E-state index in [-0.39, 0.29) is 0 Å². The Labute approximate surface area is 82.7 Å². The van der Waals surface area contributed by atoms with Crippen LogP contribution in [0.3, 0.4) is 0 Å². The Bertz CT molecular complexity index is 186. The van der Waals surface area contributed by atoms with E-state index in [4.69, 9.17) is 0 Å². The molecule has 0 heterocycles. The lowest BCUT2D eigenvalue weighted by atomic mass is 9.90. The largest absolute Gasteiger partial charge is 0.0843 e. The van der Waals surface area contributed by atoms with E-state index in [0.717, 1.165) is 12.3 Å². The van der Waals surface area contributed by atoms with Gasteiger partial charge in [0.25, 0.3) is 0 Å². The summed E-state index contributed by atoms with van der Waals surface area (Å²) in [5, 5.41) is 0. The Hall–Kier alpha value is -0.520. The molecule has 1 radical (unpaired) electrons. The number of hydrogen-bond acceptors (Lipinski definition) is 0. The predicted molar refractivity (Wildman–Crippen MR) is 58.4 cm³/mol. The SMILES string of the molecule is CCCC/C=C/C1=[C]CCC(C)C1. The van der Waals surface area contributed by atoms with Crippen LogP contribution >= 0.6 is 0 Å². The maximum Gasteiger partial charge on any atom is -0.0250 e. The van der Waals surface area contributed by atoms with Gasteiger partial charge in [-0.25, -0.2) is 0 Å². The van der Waals surface area contributed by atoms with E-state index in [1.165, 1.54) is 37.7 Å². The van der Waals surface area contributed by atoms with Crippen molar-refractivity contribution in [1.29, 1.82) is 0 Å². The molecule has 13 heavy (non-hydrogen) atoms. The summed E-state index contributed by atoms with van der Waals surface area (Å²) in [4.78, 5) is 0. The van der Waals surface area contributed by atoms with Crippen LogP contribution < -0.4 is 0 Å². The van der Waals surface area contributed by atoms with Crippen LogP contribution in [0.4, 0.5) is 0 Å². The Morgan fingerprint density at radius 1 is 1.54 bits per heavy atom. The molecule has 0 spiro atoms. The first kappa shape index (κ1) is 10.6. The van der Waals surface area contributed by atoms with Crippen molar-refractivity contribution in [2.24, 2.45) is 5.92 Å². The van der Waals surface area contributed by atoms with Gasteiger partial charge in [0.1, 0.15) is 0 Å². The minimum absolute atomic E-state index is 0.868. The molecule has 73 valence electrons. The minimum atomic E-state index is 0.868. The Kier molecular flexibility index (Phi) is 4.88. The molecular weight excluding hydrogens is 156 g/mol. The third-order valence-electron chi connectivity index (χ3n) is 2.60. The molecule has 0 aliphatic heterocycles. The molecule has 0 N–H and O–H groups in total. The van der Waals surface area contributed by atoms with E-state index in [1.807, 2.05) is 0 Å². The normalized spacial score (nSPS) is 23.5. The highest BCUT2D eigenvalue weighted by Crippen LogP contribution is 2.23. The predicted octanol–water partition coefficient (Wildman–Crippen LogP) is 4.28. The molecule has 1 unspecified atom stereocenters. The molecule has 0 bridgehead atoms. The standard InChI is InChI=1S/C13H21/c1-3-4-5-6-9-13-10-7-8-12(2)11-13/h6,9,12H,3-5,7-8,11H2,1-2H3/b9-6+. The molecule has 0 aromatic carbocycles. The summed E-state index contributed by atoms with van der Waals surface area (Å²) in [5.74, 6) is 0.868. The summed E-state index contributed by atoms with van der Waals surface area (Å²) in [6.07, 6.45) is 15.6. The molecule has 0 saturated carbocycles. The Morgan fingerprint density at radius 3 is 3.08 bits per heavy atom. The van der Waals surface area contributed by atoms with Gasteiger partial charge in [0.2, 0.25) is 0 Å². The van der Waals surface area contributed by atoms with Gasteiger partial charge in [-0.3, -0.25) is 0 Å². The summed E-state index contributed by atoms with van der Waals surface area (Å²) in [6.45, 7) is 4.57. The van der Waals surface area contributed by atoms with Crippen molar-refractivity contribution in [2.45, 2.75) is 52.4 Å². The molecule has 0 nitrogen and oxygen atoms in total. The smallest absolute Gasteiger partial charge is 0.0250 e. The quantitative estimate of drug-likeness (QED) is 0.562. The number of unbranched alkanes of at least 4 members (excludes halogenated alkanes) is 2. The van der Waals surface area contributed by atoms with Gasteiger partial charge in [0, 0.05) is 0 Å². The van der Waals surface area contributed by atoms with Crippen molar-refractivity contribution < 1.29 is 0 Å². The fourth-order valence-electron chi connectivity index (χ4n) is 1.70. The second-order valence-corrected chi connectivity index (χ2v) is 4.09. The average molecular weight is 177 g/mol. The molecule has 0 aromatic rings. The molecule has 1 atom stereocenters. The molecule has 0 amide bonds. The molecule has 1 aliphatic carbocycles. The lowest BCUT2D eigenvalue weighted by Crippen LogP contribution is -2.01. The number of allylic oxidation sites excluding steroid dienone is 4. The fourth-order valence-corrected chi connectivity index (χ4v) is 1.70. The summed E-state index contributed by atoms with van der Waals surface area (Å²) in [7, 11) is 0. The summed E-state index contributed by atoms with van der Waals surface area (Å²) < 4.78 is 0. The van der Waals surface area contributed by atoms with Crippen LogP contribution in [0.5, 0.6) is 0 Å². The average Bonchev–Trinajstić information content (AvgIpc) is 2.13. The number of rotatable bonds is 4. The second-order valence-electron chi connectivity index (χ2n) is 4.09. The van der Waals surface area contributed by atoms with Gasteiger partial charge < -0.3 is 0 Å². The van der Waals surface area contributed by atoms with Crippen molar-refractivity contribution >= 4 is 0 Å². The topological polar surface area (TPSA) is 0 Å². The van der Waals surface area contributed by atoms with E-state index >= 15 is 0 Å². The maximum absolute atomic E-state index is 3.46. The van der Waals surface area contributed by atoms with Crippen LogP contribution in [0.1, 0.15) is 52.4 Å². The first-order valence-electron chi connectivity index (χ1n) is 5.59. The lowest BCUT2D eigenvalue weighted by Gasteiger charge is -2.15. The molecular formula is C13H21. The van der Waals surface area contributed by atoms with Crippen LogP contribution in [0.25, 0.3) is 0 Å². The van der Waals surface area contributed by atoms with Crippen molar-refractivity contribution in [3.05, 3.63) is 23.8 Å². The Morgan fingerprint density at radius 2 is 2.38 bits per heavy atom. The highest BCUT2D eigenvalue weighted by atomic mass is 14.1. The minimum Gasteiger partial charge on any atom is -0.0843 e. The maximum atomic E-state index is 3.46. The zero-order valence-corrected chi connectivity index (χ0v) is 8.97. The van der Waals surface area contributed by atoms with Gasteiger partial charge in [-0.2, -0.15) is 0 Å². The van der Waals surface area contributed by atoms with Gasteiger partial charge in [0.15, 0.2) is 0 Å². The monoisotopic (exact) mass is 177 g/mol.